The van der Waals surface area contributed by atoms with Crippen LogP contribution in [0.2, 0.25) is 0 Å². The van der Waals surface area contributed by atoms with Crippen molar-refractivity contribution in [3.63, 3.8) is 0 Å². The summed E-state index contributed by atoms with van der Waals surface area (Å²) in [5.74, 6) is 0.745. The summed E-state index contributed by atoms with van der Waals surface area (Å²) < 4.78 is 0. The van der Waals surface area contributed by atoms with Crippen LogP contribution in [-0.2, 0) is 0 Å². The number of piperidine rings is 2. The first kappa shape index (κ1) is 16.0. The second-order valence-corrected chi connectivity index (χ2v) is 6.53. The molecule has 7 heteroatoms. The Morgan fingerprint density at radius 3 is 2.52 bits per heavy atom. The molecule has 2 amide bonds. The first-order valence-electron chi connectivity index (χ1n) is 8.48. The Morgan fingerprint density at radius 1 is 1.09 bits per heavy atom. The van der Waals surface area contributed by atoms with E-state index < -0.39 is 0 Å². The topological polar surface area (TPSA) is 73.4 Å². The molecule has 0 saturated carbocycles. The summed E-state index contributed by atoms with van der Waals surface area (Å²) in [4.78, 5) is 25.3. The summed E-state index contributed by atoms with van der Waals surface area (Å²) in [5, 5.41) is 6.23. The van der Waals surface area contributed by atoms with Crippen LogP contribution in [0.4, 0.5) is 10.7 Å². The Labute approximate surface area is 137 Å². The van der Waals surface area contributed by atoms with Gasteiger partial charge in [0.15, 0.2) is 0 Å². The number of likely N-dealkylation sites (tertiary alicyclic amines) is 1. The maximum Gasteiger partial charge on any atom is 0.315 e. The summed E-state index contributed by atoms with van der Waals surface area (Å²) in [6.45, 7) is 3.81. The van der Waals surface area contributed by atoms with Gasteiger partial charge < -0.3 is 20.4 Å². The molecule has 1 aromatic rings. The lowest BCUT2D eigenvalue weighted by Crippen LogP contribution is -2.53. The molecule has 2 N–H and O–H groups in total. The van der Waals surface area contributed by atoms with E-state index in [0.29, 0.717) is 6.04 Å². The van der Waals surface area contributed by atoms with Crippen LogP contribution < -0.4 is 15.5 Å². The van der Waals surface area contributed by atoms with E-state index in [1.54, 1.807) is 12.4 Å². The number of carbonyl (C=O) groups excluding carboxylic acids is 1. The number of nitrogens with one attached hydrogen (secondary N) is 2. The Bertz CT molecular complexity index is 503. The van der Waals surface area contributed by atoms with E-state index in [9.17, 15) is 4.79 Å². The van der Waals surface area contributed by atoms with E-state index in [0.717, 1.165) is 57.8 Å². The van der Waals surface area contributed by atoms with Crippen molar-refractivity contribution < 1.29 is 4.79 Å². The lowest BCUT2D eigenvalue weighted by Gasteiger charge is -2.34. The maximum atomic E-state index is 12.2. The minimum Gasteiger partial charge on any atom is -0.339 e. The number of nitrogens with zero attached hydrogens (tertiary/aromatic N) is 4. The van der Waals surface area contributed by atoms with Crippen LogP contribution in [0.25, 0.3) is 0 Å². The SMILES string of the molecule is CN1CCC(NC(=O)NC2CCCN(c3ncccn3)C2)CC1. The predicted molar refractivity (Wildman–Crippen MR) is 89.5 cm³/mol. The Balaban J connectivity index is 1.46. The molecule has 1 aromatic heterocycles. The van der Waals surface area contributed by atoms with Crippen LogP contribution in [0, 0.1) is 0 Å². The first-order chi connectivity index (χ1) is 11.2. The number of urea groups is 1. The van der Waals surface area contributed by atoms with Gasteiger partial charge in [-0.2, -0.15) is 0 Å². The molecule has 126 valence electrons. The molecule has 1 unspecified atom stereocenters. The van der Waals surface area contributed by atoms with Crippen LogP contribution in [0.3, 0.4) is 0 Å². The summed E-state index contributed by atoms with van der Waals surface area (Å²) in [6.07, 6.45) is 7.61. The van der Waals surface area contributed by atoms with Gasteiger partial charge in [-0.05, 0) is 51.9 Å². The van der Waals surface area contributed by atoms with Crippen molar-refractivity contribution in [3.8, 4) is 0 Å². The van der Waals surface area contributed by atoms with Crippen LogP contribution in [0.5, 0.6) is 0 Å². The predicted octanol–water partition coefficient (Wildman–Crippen LogP) is 0.839. The van der Waals surface area contributed by atoms with Gasteiger partial charge in [0.1, 0.15) is 0 Å². The number of anilines is 1. The second-order valence-electron chi connectivity index (χ2n) is 6.53. The molecule has 1 atom stereocenters. The van der Waals surface area contributed by atoms with Crippen LogP contribution >= 0.6 is 0 Å². The van der Waals surface area contributed by atoms with E-state index >= 15 is 0 Å². The van der Waals surface area contributed by atoms with Crippen molar-refractivity contribution >= 4 is 12.0 Å². The molecule has 3 heterocycles. The lowest BCUT2D eigenvalue weighted by molar-refractivity contribution is 0.210. The molecule has 7 nitrogen and oxygen atoms in total. The lowest BCUT2D eigenvalue weighted by atomic mass is 10.1. The molecule has 0 aromatic carbocycles. The van der Waals surface area contributed by atoms with Gasteiger partial charge in [0.2, 0.25) is 5.95 Å². The van der Waals surface area contributed by atoms with Gasteiger partial charge in [-0.3, -0.25) is 0 Å². The van der Waals surface area contributed by atoms with Crippen LogP contribution in [-0.4, -0.2) is 66.2 Å². The Hall–Kier alpha value is -1.89. The number of carbonyl (C=O) groups is 1. The van der Waals surface area contributed by atoms with E-state index in [2.05, 4.69) is 37.4 Å². The number of rotatable bonds is 3. The fraction of sp³-hybridized carbons (Fsp3) is 0.688. The third-order valence-electron chi connectivity index (χ3n) is 4.65. The third-order valence-corrected chi connectivity index (χ3v) is 4.65. The molecular formula is C16H26N6O. The molecule has 2 aliphatic heterocycles. The van der Waals surface area contributed by atoms with Gasteiger partial charge in [-0.15, -0.1) is 0 Å². The average molecular weight is 318 g/mol. The highest BCUT2D eigenvalue weighted by atomic mass is 16.2. The molecular weight excluding hydrogens is 292 g/mol. The van der Waals surface area contributed by atoms with Crippen molar-refractivity contribution in [1.29, 1.82) is 0 Å². The number of amides is 2. The summed E-state index contributed by atoms with van der Waals surface area (Å²) in [6, 6.07) is 2.22. The zero-order chi connectivity index (χ0) is 16.1. The highest BCUT2D eigenvalue weighted by Gasteiger charge is 2.24. The molecule has 23 heavy (non-hydrogen) atoms. The number of hydrogen-bond acceptors (Lipinski definition) is 5. The van der Waals surface area contributed by atoms with Gasteiger partial charge in [-0.1, -0.05) is 0 Å². The molecule has 2 fully saturated rings. The number of aromatic nitrogens is 2. The zero-order valence-electron chi connectivity index (χ0n) is 13.7. The smallest absolute Gasteiger partial charge is 0.315 e. The standard InChI is InChI=1S/C16H26N6O/c1-21-10-5-13(6-11-21)19-16(23)20-14-4-2-9-22(12-14)15-17-7-3-8-18-15/h3,7-8,13-14H,2,4-6,9-12H2,1H3,(H2,19,20,23). The van der Waals surface area contributed by atoms with Gasteiger partial charge in [0.05, 0.1) is 0 Å². The number of hydrogen-bond donors (Lipinski definition) is 2. The van der Waals surface area contributed by atoms with Crippen LogP contribution in [0.15, 0.2) is 18.5 Å². The molecule has 0 spiro atoms. The minimum atomic E-state index is -0.0413. The van der Waals surface area contributed by atoms with Crippen molar-refractivity contribution in [2.45, 2.75) is 37.8 Å². The highest BCUT2D eigenvalue weighted by Crippen LogP contribution is 2.15. The molecule has 3 rings (SSSR count). The second kappa shape index (κ2) is 7.59. The maximum absolute atomic E-state index is 12.2. The molecule has 2 saturated heterocycles. The van der Waals surface area contributed by atoms with Crippen LogP contribution in [0.1, 0.15) is 25.7 Å². The molecule has 0 radical (unpaired) electrons. The van der Waals surface area contributed by atoms with Crippen molar-refractivity contribution in [2.75, 3.05) is 38.1 Å². The van der Waals surface area contributed by atoms with Gasteiger partial charge in [0, 0.05) is 37.6 Å². The largest absolute Gasteiger partial charge is 0.339 e. The fourth-order valence-corrected chi connectivity index (χ4v) is 3.30. The molecule has 0 aliphatic carbocycles. The van der Waals surface area contributed by atoms with E-state index in [1.165, 1.54) is 0 Å². The van der Waals surface area contributed by atoms with E-state index in [-0.39, 0.29) is 12.1 Å². The minimum absolute atomic E-state index is 0.0413. The monoisotopic (exact) mass is 318 g/mol. The summed E-state index contributed by atoms with van der Waals surface area (Å²) in [5.41, 5.74) is 0. The fourth-order valence-electron chi connectivity index (χ4n) is 3.30. The zero-order valence-corrected chi connectivity index (χ0v) is 13.7. The van der Waals surface area contributed by atoms with E-state index in [4.69, 9.17) is 0 Å². The van der Waals surface area contributed by atoms with Crippen molar-refractivity contribution in [2.24, 2.45) is 0 Å². The third kappa shape index (κ3) is 4.54. The van der Waals surface area contributed by atoms with E-state index in [1.807, 2.05) is 6.07 Å². The van der Waals surface area contributed by atoms with Gasteiger partial charge in [-0.25, -0.2) is 14.8 Å². The first-order valence-corrected chi connectivity index (χ1v) is 8.48. The Morgan fingerprint density at radius 2 is 1.78 bits per heavy atom. The quantitative estimate of drug-likeness (QED) is 0.864. The van der Waals surface area contributed by atoms with Crippen molar-refractivity contribution in [3.05, 3.63) is 18.5 Å². The Kier molecular flexibility index (Phi) is 5.27. The van der Waals surface area contributed by atoms with Crippen molar-refractivity contribution in [1.82, 2.24) is 25.5 Å². The normalized spacial score (nSPS) is 23.5. The van der Waals surface area contributed by atoms with Gasteiger partial charge >= 0.3 is 6.03 Å². The summed E-state index contributed by atoms with van der Waals surface area (Å²) in [7, 11) is 2.12. The average Bonchev–Trinajstić information content (AvgIpc) is 2.58. The molecule has 0 bridgehead atoms. The molecule has 2 aliphatic rings. The summed E-state index contributed by atoms with van der Waals surface area (Å²) >= 11 is 0. The van der Waals surface area contributed by atoms with Gasteiger partial charge in [0.25, 0.3) is 0 Å². The highest BCUT2D eigenvalue weighted by molar-refractivity contribution is 5.74.